The molecule has 90 valence electrons. The number of pyridine rings is 1. The zero-order valence-corrected chi connectivity index (χ0v) is 11.2. The van der Waals surface area contributed by atoms with Crippen molar-refractivity contribution in [3.05, 3.63) is 28.8 Å². The highest BCUT2D eigenvalue weighted by atomic mass is 79.9. The molecule has 1 fully saturated rings. The summed E-state index contributed by atoms with van der Waals surface area (Å²) in [5.41, 5.74) is 0.785. The van der Waals surface area contributed by atoms with Crippen LogP contribution in [0.15, 0.2) is 22.9 Å². The largest absolute Gasteiger partial charge is 0.506 e. The molecule has 0 aliphatic heterocycles. The second-order valence-corrected chi connectivity index (χ2v) is 5.46. The van der Waals surface area contributed by atoms with Gasteiger partial charge in [0.25, 0.3) is 0 Å². The van der Waals surface area contributed by atoms with Crippen molar-refractivity contribution < 1.29 is 5.11 Å². The van der Waals surface area contributed by atoms with Crippen molar-refractivity contribution in [2.24, 2.45) is 0 Å². The van der Waals surface area contributed by atoms with Gasteiger partial charge in [-0.2, -0.15) is 0 Å². The molecule has 0 atom stereocenters. The fraction of sp³-hybridized carbons (Fsp3) is 0.462. The van der Waals surface area contributed by atoms with Gasteiger partial charge in [-0.25, -0.2) is 4.98 Å². The van der Waals surface area contributed by atoms with E-state index in [-0.39, 0.29) is 5.75 Å². The lowest BCUT2D eigenvalue weighted by atomic mass is 9.89. The van der Waals surface area contributed by atoms with Crippen LogP contribution >= 0.6 is 15.9 Å². The molecule has 4 heteroatoms. The summed E-state index contributed by atoms with van der Waals surface area (Å²) in [4.78, 5) is 4.59. The standard InChI is InChI=1S/C13H15BrN2O/c14-12-11-10(17)7-4-8-16(11)13(15-12)9-5-2-1-3-6-9/h4,7-9,17H,1-3,5-6H2. The van der Waals surface area contributed by atoms with Gasteiger partial charge in [-0.15, -0.1) is 0 Å². The monoisotopic (exact) mass is 294 g/mol. The number of halogens is 1. The van der Waals surface area contributed by atoms with Crippen LogP contribution in [0.3, 0.4) is 0 Å². The van der Waals surface area contributed by atoms with E-state index in [1.165, 1.54) is 32.1 Å². The van der Waals surface area contributed by atoms with Crippen molar-refractivity contribution in [2.75, 3.05) is 0 Å². The molecule has 1 saturated carbocycles. The second-order valence-electron chi connectivity index (χ2n) is 4.71. The molecular formula is C13H15BrN2O. The van der Waals surface area contributed by atoms with Crippen molar-refractivity contribution in [1.29, 1.82) is 0 Å². The lowest BCUT2D eigenvalue weighted by Gasteiger charge is -2.20. The minimum atomic E-state index is 0.286. The van der Waals surface area contributed by atoms with E-state index < -0.39 is 0 Å². The Morgan fingerprint density at radius 2 is 2.06 bits per heavy atom. The lowest BCUT2D eigenvalue weighted by Crippen LogP contribution is -2.08. The SMILES string of the molecule is Oc1cccn2c(C3CCCCC3)nc(Br)c12. The maximum absolute atomic E-state index is 9.87. The highest BCUT2D eigenvalue weighted by Gasteiger charge is 2.22. The van der Waals surface area contributed by atoms with Crippen LogP contribution in [0.2, 0.25) is 0 Å². The average Bonchev–Trinajstić information content (AvgIpc) is 2.69. The molecule has 0 amide bonds. The van der Waals surface area contributed by atoms with Gasteiger partial charge >= 0.3 is 0 Å². The molecule has 2 aromatic rings. The maximum atomic E-state index is 9.87. The van der Waals surface area contributed by atoms with Crippen LogP contribution in [-0.4, -0.2) is 14.5 Å². The molecule has 0 spiro atoms. The van der Waals surface area contributed by atoms with Gasteiger partial charge in [-0.05, 0) is 40.9 Å². The van der Waals surface area contributed by atoms with Gasteiger partial charge in [0.05, 0.1) is 0 Å². The Morgan fingerprint density at radius 1 is 1.29 bits per heavy atom. The molecule has 1 aliphatic carbocycles. The molecule has 1 N–H and O–H groups in total. The van der Waals surface area contributed by atoms with E-state index in [9.17, 15) is 5.11 Å². The first-order valence-electron chi connectivity index (χ1n) is 6.13. The summed E-state index contributed by atoms with van der Waals surface area (Å²) in [7, 11) is 0. The molecule has 0 aromatic carbocycles. The molecular weight excluding hydrogens is 280 g/mol. The first kappa shape index (κ1) is 11.1. The van der Waals surface area contributed by atoms with Crippen LogP contribution < -0.4 is 0 Å². The third-order valence-corrected chi connectivity index (χ3v) is 4.15. The number of aromatic hydroxyl groups is 1. The van der Waals surface area contributed by atoms with Gasteiger partial charge in [-0.1, -0.05) is 19.3 Å². The fourth-order valence-corrected chi connectivity index (χ4v) is 3.33. The molecule has 0 radical (unpaired) electrons. The molecule has 17 heavy (non-hydrogen) atoms. The third-order valence-electron chi connectivity index (χ3n) is 3.60. The Bertz CT molecular complexity index is 544. The second kappa shape index (κ2) is 4.33. The van der Waals surface area contributed by atoms with Gasteiger partial charge in [-0.3, -0.25) is 4.40 Å². The summed E-state index contributed by atoms with van der Waals surface area (Å²) in [5.74, 6) is 1.90. The number of aromatic nitrogens is 2. The minimum Gasteiger partial charge on any atom is -0.506 e. The van der Waals surface area contributed by atoms with Crippen LogP contribution in [0, 0.1) is 0 Å². The van der Waals surface area contributed by atoms with Gasteiger partial charge in [0.1, 0.15) is 21.7 Å². The summed E-state index contributed by atoms with van der Waals surface area (Å²) >= 11 is 3.44. The highest BCUT2D eigenvalue weighted by molar-refractivity contribution is 9.10. The normalized spacial score (nSPS) is 17.7. The molecule has 0 bridgehead atoms. The van der Waals surface area contributed by atoms with Gasteiger partial charge in [0, 0.05) is 12.1 Å². The predicted molar refractivity (Wildman–Crippen MR) is 70.4 cm³/mol. The average molecular weight is 295 g/mol. The maximum Gasteiger partial charge on any atom is 0.142 e. The van der Waals surface area contributed by atoms with Crippen molar-refractivity contribution >= 4 is 21.4 Å². The van der Waals surface area contributed by atoms with Crippen molar-refractivity contribution in [3.63, 3.8) is 0 Å². The summed E-state index contributed by atoms with van der Waals surface area (Å²) < 4.78 is 2.77. The first-order chi connectivity index (χ1) is 8.27. The summed E-state index contributed by atoms with van der Waals surface area (Å²) in [6.45, 7) is 0. The molecule has 0 unspecified atom stereocenters. The van der Waals surface area contributed by atoms with Gasteiger partial charge < -0.3 is 5.11 Å². The van der Waals surface area contributed by atoms with Crippen LogP contribution in [-0.2, 0) is 0 Å². The fourth-order valence-electron chi connectivity index (χ4n) is 2.75. The van der Waals surface area contributed by atoms with E-state index >= 15 is 0 Å². The third kappa shape index (κ3) is 1.84. The van der Waals surface area contributed by atoms with Crippen LogP contribution in [0.25, 0.3) is 5.52 Å². The Hall–Kier alpha value is -1.03. The summed E-state index contributed by atoms with van der Waals surface area (Å²) in [5, 5.41) is 9.87. The van der Waals surface area contributed by atoms with Gasteiger partial charge in [0.15, 0.2) is 0 Å². The quantitative estimate of drug-likeness (QED) is 0.867. The van der Waals surface area contributed by atoms with Crippen molar-refractivity contribution in [2.45, 2.75) is 38.0 Å². The van der Waals surface area contributed by atoms with Crippen molar-refractivity contribution in [1.82, 2.24) is 9.38 Å². The molecule has 2 aromatic heterocycles. The zero-order chi connectivity index (χ0) is 11.8. The Labute approximate surface area is 109 Å². The van der Waals surface area contributed by atoms with Crippen LogP contribution in [0.4, 0.5) is 0 Å². The Balaban J connectivity index is 2.13. The van der Waals surface area contributed by atoms with Gasteiger partial charge in [0.2, 0.25) is 0 Å². The smallest absolute Gasteiger partial charge is 0.142 e. The van der Waals surface area contributed by atoms with Crippen LogP contribution in [0.1, 0.15) is 43.8 Å². The number of hydrogen-bond donors (Lipinski definition) is 1. The van der Waals surface area contributed by atoms with E-state index in [0.717, 1.165) is 15.9 Å². The minimum absolute atomic E-state index is 0.286. The molecule has 3 rings (SSSR count). The summed E-state index contributed by atoms with van der Waals surface area (Å²) in [6, 6.07) is 3.56. The van der Waals surface area contributed by atoms with Crippen LogP contribution in [0.5, 0.6) is 5.75 Å². The van der Waals surface area contributed by atoms with E-state index in [1.54, 1.807) is 6.07 Å². The number of hydrogen-bond acceptors (Lipinski definition) is 2. The van der Waals surface area contributed by atoms with E-state index in [1.807, 2.05) is 16.7 Å². The first-order valence-corrected chi connectivity index (χ1v) is 6.92. The number of fused-ring (bicyclic) bond motifs is 1. The van der Waals surface area contributed by atoms with E-state index in [4.69, 9.17) is 0 Å². The number of nitrogens with zero attached hydrogens (tertiary/aromatic N) is 2. The van der Waals surface area contributed by atoms with E-state index in [2.05, 4.69) is 20.9 Å². The molecule has 1 aliphatic rings. The highest BCUT2D eigenvalue weighted by Crippen LogP contribution is 2.36. The Kier molecular flexibility index (Phi) is 2.82. The zero-order valence-electron chi connectivity index (χ0n) is 9.56. The Morgan fingerprint density at radius 3 is 2.82 bits per heavy atom. The molecule has 2 heterocycles. The predicted octanol–water partition coefficient (Wildman–Crippen LogP) is 3.85. The number of rotatable bonds is 1. The lowest BCUT2D eigenvalue weighted by molar-refractivity contribution is 0.427. The topological polar surface area (TPSA) is 37.5 Å². The molecule has 0 saturated heterocycles. The van der Waals surface area contributed by atoms with E-state index in [0.29, 0.717) is 5.92 Å². The molecule has 3 nitrogen and oxygen atoms in total. The summed E-state index contributed by atoms with van der Waals surface area (Å²) in [6.07, 6.45) is 8.32. The van der Waals surface area contributed by atoms with Crippen molar-refractivity contribution in [3.8, 4) is 5.75 Å². The number of imidazole rings is 1.